The second-order valence-corrected chi connectivity index (χ2v) is 10.8. The Morgan fingerprint density at radius 2 is 1.66 bits per heavy atom. The van der Waals surface area contributed by atoms with Crippen LogP contribution in [0.4, 0.5) is 42.8 Å². The monoisotopic (exact) mass is 666 g/mol. The van der Waals surface area contributed by atoms with Gasteiger partial charge in [-0.05, 0) is 68.2 Å². The number of amides is 1. The minimum Gasteiger partial charge on any atom is -0.486 e. The number of halogens is 6. The van der Waals surface area contributed by atoms with Crippen LogP contribution in [0.1, 0.15) is 60.5 Å². The molecule has 47 heavy (non-hydrogen) atoms. The fourth-order valence-electron chi connectivity index (χ4n) is 5.38. The molecular formula is C32H32F6N4O5. The third kappa shape index (κ3) is 8.51. The van der Waals surface area contributed by atoms with Gasteiger partial charge in [-0.15, -0.1) is 0 Å². The summed E-state index contributed by atoms with van der Waals surface area (Å²) in [6, 6.07) is 5.55. The number of ether oxygens (including phenoxy) is 2. The van der Waals surface area contributed by atoms with Crippen LogP contribution in [0.5, 0.6) is 5.75 Å². The van der Waals surface area contributed by atoms with Crippen LogP contribution in [0, 0.1) is 6.92 Å². The van der Waals surface area contributed by atoms with E-state index in [1.165, 1.54) is 28.3 Å². The molecule has 0 spiro atoms. The van der Waals surface area contributed by atoms with Gasteiger partial charge in [0.05, 0.1) is 41.9 Å². The van der Waals surface area contributed by atoms with Crippen LogP contribution >= 0.6 is 0 Å². The lowest BCUT2D eigenvalue weighted by molar-refractivity contribution is -0.143. The van der Waals surface area contributed by atoms with Gasteiger partial charge in [0.15, 0.2) is 5.75 Å². The first-order chi connectivity index (χ1) is 22.1. The van der Waals surface area contributed by atoms with Crippen molar-refractivity contribution in [2.24, 2.45) is 0 Å². The first-order valence-electron chi connectivity index (χ1n) is 14.6. The highest BCUT2D eigenvalue weighted by molar-refractivity contribution is 5.90. The normalized spacial score (nSPS) is 16.6. The van der Waals surface area contributed by atoms with Gasteiger partial charge < -0.3 is 19.5 Å². The number of nitrogens with zero attached hydrogens (tertiary/aromatic N) is 4. The van der Waals surface area contributed by atoms with E-state index in [-0.39, 0.29) is 43.0 Å². The van der Waals surface area contributed by atoms with E-state index in [0.29, 0.717) is 29.8 Å². The summed E-state index contributed by atoms with van der Waals surface area (Å²) in [5, 5.41) is 8.75. The summed E-state index contributed by atoms with van der Waals surface area (Å²) < 4.78 is 93.4. The number of aliphatic carboxylic acids is 1. The van der Waals surface area contributed by atoms with Gasteiger partial charge in [-0.1, -0.05) is 24.6 Å². The average molecular weight is 667 g/mol. The second-order valence-electron chi connectivity index (χ2n) is 10.8. The Labute approximate surface area is 266 Å². The molecule has 0 bridgehead atoms. The van der Waals surface area contributed by atoms with Gasteiger partial charge in [-0.25, -0.2) is 19.6 Å². The van der Waals surface area contributed by atoms with Crippen molar-refractivity contribution in [1.82, 2.24) is 9.97 Å². The summed E-state index contributed by atoms with van der Waals surface area (Å²) >= 11 is 0. The number of carboxylic acids is 1. The second kappa shape index (κ2) is 14.3. The van der Waals surface area contributed by atoms with E-state index in [1.807, 2.05) is 13.8 Å². The van der Waals surface area contributed by atoms with Crippen molar-refractivity contribution in [3.05, 3.63) is 88.8 Å². The van der Waals surface area contributed by atoms with E-state index >= 15 is 0 Å². The van der Waals surface area contributed by atoms with Gasteiger partial charge in [-0.2, -0.15) is 26.3 Å². The van der Waals surface area contributed by atoms with E-state index < -0.39 is 54.2 Å². The Kier molecular flexibility index (Phi) is 10.7. The van der Waals surface area contributed by atoms with Crippen LogP contribution in [0.15, 0.2) is 60.9 Å². The average Bonchev–Trinajstić information content (AvgIpc) is 3.00. The van der Waals surface area contributed by atoms with Crippen molar-refractivity contribution in [3.8, 4) is 5.75 Å². The predicted octanol–water partition coefficient (Wildman–Crippen LogP) is 7.74. The third-order valence-electron chi connectivity index (χ3n) is 7.45. The number of carbonyl (C=O) groups excluding carboxylic acids is 1. The van der Waals surface area contributed by atoms with Crippen molar-refractivity contribution < 1.29 is 50.5 Å². The molecule has 0 saturated heterocycles. The molecule has 2 atom stereocenters. The van der Waals surface area contributed by atoms with E-state index in [0.717, 1.165) is 11.6 Å². The number of hydrogen-bond acceptors (Lipinski definition) is 7. The lowest BCUT2D eigenvalue weighted by Gasteiger charge is -2.44. The summed E-state index contributed by atoms with van der Waals surface area (Å²) in [6.45, 7) is 4.87. The number of benzene rings is 2. The minimum atomic E-state index is -5.05. The highest BCUT2D eigenvalue weighted by Crippen LogP contribution is 2.44. The van der Waals surface area contributed by atoms with E-state index in [4.69, 9.17) is 14.6 Å². The largest absolute Gasteiger partial charge is 0.486 e. The van der Waals surface area contributed by atoms with Crippen molar-refractivity contribution in [2.75, 3.05) is 23.0 Å². The van der Waals surface area contributed by atoms with Gasteiger partial charge in [0.1, 0.15) is 6.61 Å². The molecule has 15 heteroatoms. The number of aromatic nitrogens is 2. The Balaban J connectivity index is 1.85. The summed E-state index contributed by atoms with van der Waals surface area (Å²) in [5.41, 5.74) is -1.35. The van der Waals surface area contributed by atoms with Gasteiger partial charge in [0.25, 0.3) is 0 Å². The van der Waals surface area contributed by atoms with Crippen molar-refractivity contribution in [2.45, 2.75) is 64.6 Å². The maximum atomic E-state index is 13.8. The molecule has 1 N–H and O–H groups in total. The molecule has 0 saturated carbocycles. The van der Waals surface area contributed by atoms with Crippen LogP contribution in [-0.2, 0) is 28.4 Å². The van der Waals surface area contributed by atoms with E-state index in [2.05, 4.69) is 9.97 Å². The molecule has 1 aromatic heterocycles. The standard InChI is InChI=1S/C32H32F6N4O5/c1-4-23-15-27(25-11-19(3)8-9-26(25)42(23)30(45)46-5-2)41(29-39-16-24(17-40-29)47-10-6-7-28(43)44)18-20-12-21(31(33,34)35)14-22(13-20)32(36,37)38/h6-9,11-14,16-17,23,27H,4-5,10,15,18H2,1-3H3,(H,43,44)/b7-6+/t23-,27+/m1/s1. The number of fused-ring (bicyclic) bond motifs is 1. The Morgan fingerprint density at radius 1 is 1.02 bits per heavy atom. The van der Waals surface area contributed by atoms with Crippen molar-refractivity contribution in [1.29, 1.82) is 0 Å². The first kappa shape index (κ1) is 35.0. The maximum absolute atomic E-state index is 13.8. The Hall–Kier alpha value is -4.82. The number of hydrogen-bond donors (Lipinski definition) is 1. The van der Waals surface area contributed by atoms with Gasteiger partial charge in [0, 0.05) is 18.7 Å². The molecule has 1 amide bonds. The van der Waals surface area contributed by atoms with Crippen molar-refractivity contribution >= 4 is 23.7 Å². The summed E-state index contributed by atoms with van der Waals surface area (Å²) in [5.74, 6) is -1.06. The van der Waals surface area contributed by atoms with E-state index in [9.17, 15) is 35.9 Å². The number of aryl methyl sites for hydroxylation is 1. The number of carboxylic acid groups (broad SMARTS) is 1. The molecule has 1 aliphatic heterocycles. The predicted molar refractivity (Wildman–Crippen MR) is 159 cm³/mol. The van der Waals surface area contributed by atoms with Crippen LogP contribution in [0.25, 0.3) is 0 Å². The van der Waals surface area contributed by atoms with Crippen LogP contribution in [-0.4, -0.2) is 46.4 Å². The number of anilines is 2. The molecule has 0 fully saturated rings. The molecule has 0 unspecified atom stereocenters. The SMILES string of the molecule is CCOC(=O)N1c2ccc(C)cc2[C@@H](N(Cc2cc(C(F)(F)F)cc(C(F)(F)F)c2)c2ncc(OC/C=C/C(=O)O)cn2)C[C@H]1CC. The molecule has 3 aromatic rings. The third-order valence-corrected chi connectivity index (χ3v) is 7.45. The quantitative estimate of drug-likeness (QED) is 0.173. The zero-order valence-corrected chi connectivity index (χ0v) is 25.6. The summed E-state index contributed by atoms with van der Waals surface area (Å²) in [4.78, 5) is 35.5. The molecule has 252 valence electrons. The molecule has 2 aromatic carbocycles. The fourth-order valence-corrected chi connectivity index (χ4v) is 5.38. The minimum absolute atomic E-state index is 0.0266. The zero-order chi connectivity index (χ0) is 34.5. The molecule has 1 aliphatic rings. The maximum Gasteiger partial charge on any atom is 0.416 e. The highest BCUT2D eigenvalue weighted by atomic mass is 19.4. The van der Waals surface area contributed by atoms with Gasteiger partial charge in [-0.3, -0.25) is 4.90 Å². The van der Waals surface area contributed by atoms with Crippen LogP contribution in [0.2, 0.25) is 0 Å². The molecular weight excluding hydrogens is 634 g/mol. The van der Waals surface area contributed by atoms with Gasteiger partial charge >= 0.3 is 24.4 Å². The van der Waals surface area contributed by atoms with Crippen molar-refractivity contribution in [3.63, 3.8) is 0 Å². The topological polar surface area (TPSA) is 105 Å². The van der Waals surface area contributed by atoms with Crippen LogP contribution < -0.4 is 14.5 Å². The Morgan fingerprint density at radius 3 is 2.21 bits per heavy atom. The summed E-state index contributed by atoms with van der Waals surface area (Å²) in [7, 11) is 0. The number of alkyl halides is 6. The Bertz CT molecular complexity index is 1580. The number of carbonyl (C=O) groups is 2. The smallest absolute Gasteiger partial charge is 0.416 e. The van der Waals surface area contributed by atoms with Crippen LogP contribution in [0.3, 0.4) is 0 Å². The number of rotatable bonds is 10. The highest BCUT2D eigenvalue weighted by Gasteiger charge is 2.41. The molecule has 0 radical (unpaired) electrons. The van der Waals surface area contributed by atoms with Gasteiger partial charge in [0.2, 0.25) is 5.95 Å². The fraction of sp³-hybridized carbons (Fsp3) is 0.375. The molecule has 4 rings (SSSR count). The lowest BCUT2D eigenvalue weighted by Crippen LogP contribution is -2.48. The first-order valence-corrected chi connectivity index (χ1v) is 14.6. The molecule has 9 nitrogen and oxygen atoms in total. The molecule has 2 heterocycles. The summed E-state index contributed by atoms with van der Waals surface area (Å²) in [6.07, 6.45) is -5.35. The zero-order valence-electron chi connectivity index (χ0n) is 25.6. The lowest BCUT2D eigenvalue weighted by atomic mass is 9.87. The molecule has 0 aliphatic carbocycles. The van der Waals surface area contributed by atoms with E-state index in [1.54, 1.807) is 25.1 Å².